The molecule has 1 N–H and O–H groups in total. The normalized spacial score (nSPS) is 14.3. The van der Waals surface area contributed by atoms with Crippen LogP contribution in [0.1, 0.15) is 53.4 Å². The molecule has 7 heteroatoms. The summed E-state index contributed by atoms with van der Waals surface area (Å²) in [5, 5.41) is 1.88. The van der Waals surface area contributed by atoms with Crippen LogP contribution in [0.25, 0.3) is 0 Å². The van der Waals surface area contributed by atoms with Gasteiger partial charge >= 0.3 is 6.09 Å². The lowest BCUT2D eigenvalue weighted by Crippen LogP contribution is -2.42. The number of allylic oxidation sites excluding steroid dienone is 4. The van der Waals surface area contributed by atoms with Crippen molar-refractivity contribution in [2.45, 2.75) is 62.8 Å². The third-order valence-corrected chi connectivity index (χ3v) is 3.97. The van der Waals surface area contributed by atoms with Gasteiger partial charge in [0.1, 0.15) is 5.60 Å². The fraction of sp³-hybridized carbons (Fsp3) is 0.556. The van der Waals surface area contributed by atoms with Crippen molar-refractivity contribution < 1.29 is 14.3 Å². The Morgan fingerprint density at radius 2 is 1.72 bits per heavy atom. The summed E-state index contributed by atoms with van der Waals surface area (Å²) in [7, 11) is 0. The third-order valence-electron chi connectivity index (χ3n) is 3.46. The maximum Gasteiger partial charge on any atom is 0.414 e. The molecule has 0 radical (unpaired) electrons. The zero-order valence-corrected chi connectivity index (χ0v) is 17.4. The van der Waals surface area contributed by atoms with Crippen molar-refractivity contribution in [2.75, 3.05) is 0 Å². The summed E-state index contributed by atoms with van der Waals surface area (Å²) in [6.45, 7) is 11.6. The van der Waals surface area contributed by atoms with Gasteiger partial charge in [-0.15, -0.1) is 0 Å². The topological polar surface area (TPSA) is 55.4 Å². The first-order valence-corrected chi connectivity index (χ1v) is 9.07. The van der Waals surface area contributed by atoms with Gasteiger partial charge in [-0.3, -0.25) is 10.1 Å². The Bertz CT molecular complexity index is 546. The number of imide groups is 1. The summed E-state index contributed by atoms with van der Waals surface area (Å²) < 4.78 is 3.02. The van der Waals surface area contributed by atoms with E-state index in [1.54, 1.807) is 6.92 Å². The number of carbonyl (C=O) groups excluding carboxylic acids is 2. The van der Waals surface area contributed by atoms with Gasteiger partial charge in [-0.1, -0.05) is 64.7 Å². The zero-order chi connectivity index (χ0) is 19.7. The molecule has 0 aliphatic rings. The minimum absolute atomic E-state index is 0.520. The summed E-state index contributed by atoms with van der Waals surface area (Å²) in [4.78, 5) is 23.2. The minimum atomic E-state index is -2.23. The number of carbonyl (C=O) groups is 2. The molecule has 0 saturated heterocycles. The van der Waals surface area contributed by atoms with Crippen LogP contribution in [0.15, 0.2) is 36.0 Å². The second kappa shape index (κ2) is 10.9. The van der Waals surface area contributed by atoms with Crippen LogP contribution >= 0.6 is 34.8 Å². The number of hydrogen-bond acceptors (Lipinski definition) is 3. The smallest absolute Gasteiger partial charge is 0.414 e. The highest BCUT2D eigenvalue weighted by molar-refractivity contribution is 6.76. The number of ether oxygens (including phenoxy) is 1. The molecule has 0 aliphatic heterocycles. The average molecular weight is 411 g/mol. The van der Waals surface area contributed by atoms with Gasteiger partial charge in [0, 0.05) is 0 Å². The van der Waals surface area contributed by atoms with E-state index in [1.165, 1.54) is 17.2 Å². The van der Waals surface area contributed by atoms with Crippen LogP contribution in [0, 0.1) is 0 Å². The molecule has 4 nitrogen and oxygen atoms in total. The summed E-state index contributed by atoms with van der Waals surface area (Å²) in [5.74, 6) is -1.07. The molecule has 25 heavy (non-hydrogen) atoms. The quantitative estimate of drug-likeness (QED) is 0.393. The first-order valence-electron chi connectivity index (χ1n) is 7.93. The maximum atomic E-state index is 11.8. The Morgan fingerprint density at radius 1 is 1.12 bits per heavy atom. The van der Waals surface area contributed by atoms with Crippen molar-refractivity contribution in [3.63, 3.8) is 0 Å². The van der Waals surface area contributed by atoms with Crippen LogP contribution in [-0.4, -0.2) is 21.4 Å². The zero-order valence-electron chi connectivity index (χ0n) is 15.1. The van der Waals surface area contributed by atoms with Crippen molar-refractivity contribution in [3.8, 4) is 0 Å². The Morgan fingerprint density at radius 3 is 2.20 bits per heavy atom. The molecule has 0 rings (SSSR count). The van der Waals surface area contributed by atoms with E-state index in [9.17, 15) is 9.59 Å². The SMILES string of the molecule is C=CC(C)(CC/C=C(\C)CCC=C(C)C)OC(=O)NC(=O)C(Cl)(Cl)Cl. The molecular formula is C18H26Cl3NO3. The lowest BCUT2D eigenvalue weighted by molar-refractivity contribution is -0.119. The van der Waals surface area contributed by atoms with Gasteiger partial charge in [0.25, 0.3) is 9.70 Å². The molecule has 0 saturated carbocycles. The fourth-order valence-electron chi connectivity index (χ4n) is 1.89. The van der Waals surface area contributed by atoms with Crippen molar-refractivity contribution in [1.82, 2.24) is 5.32 Å². The van der Waals surface area contributed by atoms with Crippen LogP contribution in [0.5, 0.6) is 0 Å². The van der Waals surface area contributed by atoms with Crippen LogP contribution < -0.4 is 5.32 Å². The van der Waals surface area contributed by atoms with E-state index in [1.807, 2.05) is 5.32 Å². The molecule has 1 unspecified atom stereocenters. The molecule has 0 aliphatic carbocycles. The second-order valence-corrected chi connectivity index (χ2v) is 8.55. The predicted molar refractivity (Wildman–Crippen MR) is 105 cm³/mol. The van der Waals surface area contributed by atoms with E-state index < -0.39 is 21.4 Å². The standard InChI is InChI=1S/C18H26Cl3NO3/c1-6-17(5,25-16(24)22-15(23)18(19,20)21)12-8-11-14(4)10-7-9-13(2)3/h6,9,11H,1,7-8,10,12H2,2-5H3,(H,22,23,24)/b14-11+. The monoisotopic (exact) mass is 409 g/mol. The Labute approximate surface area is 165 Å². The lowest BCUT2D eigenvalue weighted by Gasteiger charge is -2.26. The highest BCUT2D eigenvalue weighted by Gasteiger charge is 2.34. The maximum absolute atomic E-state index is 11.8. The molecule has 0 aromatic carbocycles. The molecule has 2 amide bonds. The van der Waals surface area contributed by atoms with Crippen LogP contribution in [0.3, 0.4) is 0 Å². The summed E-state index contributed by atoms with van der Waals surface area (Å²) >= 11 is 16.2. The Kier molecular flexibility index (Phi) is 10.5. The molecule has 142 valence electrons. The van der Waals surface area contributed by atoms with E-state index >= 15 is 0 Å². The van der Waals surface area contributed by atoms with E-state index in [2.05, 4.69) is 39.5 Å². The first-order chi connectivity index (χ1) is 11.4. The van der Waals surface area contributed by atoms with E-state index in [0.29, 0.717) is 12.8 Å². The second-order valence-electron chi connectivity index (χ2n) is 6.27. The Balaban J connectivity index is 4.54. The largest absolute Gasteiger partial charge is 0.439 e. The van der Waals surface area contributed by atoms with Gasteiger partial charge in [-0.2, -0.15) is 0 Å². The molecule has 0 heterocycles. The molecule has 0 fully saturated rings. The predicted octanol–water partition coefficient (Wildman–Crippen LogP) is 6.03. The molecule has 1 atom stereocenters. The van der Waals surface area contributed by atoms with E-state index in [-0.39, 0.29) is 0 Å². The van der Waals surface area contributed by atoms with Crippen molar-refractivity contribution in [3.05, 3.63) is 36.0 Å². The van der Waals surface area contributed by atoms with Crippen molar-refractivity contribution in [1.29, 1.82) is 0 Å². The molecule has 0 bridgehead atoms. The van der Waals surface area contributed by atoms with Crippen LogP contribution in [0.2, 0.25) is 0 Å². The van der Waals surface area contributed by atoms with Gasteiger partial charge in [0.2, 0.25) is 0 Å². The number of hydrogen-bond donors (Lipinski definition) is 1. The highest BCUT2D eigenvalue weighted by atomic mass is 35.6. The summed E-state index contributed by atoms with van der Waals surface area (Å²) in [6.07, 6.45) is 8.04. The summed E-state index contributed by atoms with van der Waals surface area (Å²) in [6, 6.07) is 0. The number of amides is 2. The highest BCUT2D eigenvalue weighted by Crippen LogP contribution is 2.26. The van der Waals surface area contributed by atoms with E-state index in [0.717, 1.165) is 12.8 Å². The summed E-state index contributed by atoms with van der Waals surface area (Å²) in [5.41, 5.74) is 1.63. The van der Waals surface area contributed by atoms with Gasteiger partial charge in [0.05, 0.1) is 0 Å². The fourth-order valence-corrected chi connectivity index (χ4v) is 2.03. The number of halogens is 3. The number of alkyl carbamates (subject to hydrolysis) is 1. The first kappa shape index (κ1) is 24.0. The molecular weight excluding hydrogens is 385 g/mol. The van der Waals surface area contributed by atoms with Gasteiger partial charge in [0.15, 0.2) is 0 Å². The Hall–Kier alpha value is -0.970. The molecule has 0 aromatic heterocycles. The third kappa shape index (κ3) is 11.3. The number of alkyl halides is 3. The van der Waals surface area contributed by atoms with Crippen molar-refractivity contribution in [2.24, 2.45) is 0 Å². The van der Waals surface area contributed by atoms with Gasteiger partial charge in [-0.25, -0.2) is 4.79 Å². The lowest BCUT2D eigenvalue weighted by atomic mass is 9.98. The van der Waals surface area contributed by atoms with Crippen molar-refractivity contribution >= 4 is 46.8 Å². The van der Waals surface area contributed by atoms with Gasteiger partial charge < -0.3 is 4.74 Å². The van der Waals surface area contributed by atoms with E-state index in [4.69, 9.17) is 39.5 Å². The minimum Gasteiger partial charge on any atom is -0.439 e. The van der Waals surface area contributed by atoms with Crippen LogP contribution in [0.4, 0.5) is 4.79 Å². The van der Waals surface area contributed by atoms with Gasteiger partial charge in [-0.05, 0) is 59.5 Å². The number of nitrogens with one attached hydrogen (secondary N) is 1. The number of rotatable bonds is 8. The molecule has 0 spiro atoms. The molecule has 0 aromatic rings. The van der Waals surface area contributed by atoms with Crippen LogP contribution in [-0.2, 0) is 9.53 Å². The average Bonchev–Trinajstić information content (AvgIpc) is 2.45.